The highest BCUT2D eigenvalue weighted by Gasteiger charge is 2.40. The summed E-state index contributed by atoms with van der Waals surface area (Å²) in [6, 6.07) is 5.47. The van der Waals surface area contributed by atoms with E-state index in [0.717, 1.165) is 35.2 Å². The van der Waals surface area contributed by atoms with E-state index in [-0.39, 0.29) is 5.82 Å². The largest absolute Gasteiger partial charge is 0.310 e. The maximum atomic E-state index is 13.3. The quantitative estimate of drug-likeness (QED) is 0.716. The van der Waals surface area contributed by atoms with Crippen LogP contribution >= 0.6 is 15.9 Å². The van der Waals surface area contributed by atoms with Crippen LogP contribution in [0, 0.1) is 23.6 Å². The van der Waals surface area contributed by atoms with Crippen LogP contribution in [0.2, 0.25) is 0 Å². The Bertz CT molecular complexity index is 490. The molecule has 4 unspecified atom stereocenters. The summed E-state index contributed by atoms with van der Waals surface area (Å²) in [6.45, 7) is 3.22. The van der Waals surface area contributed by atoms with Crippen LogP contribution in [-0.4, -0.2) is 6.54 Å². The first-order chi connectivity index (χ1) is 10.2. The Morgan fingerprint density at radius 3 is 2.81 bits per heavy atom. The maximum absolute atomic E-state index is 13.3. The molecule has 2 bridgehead atoms. The summed E-state index contributed by atoms with van der Waals surface area (Å²) in [5.41, 5.74) is 1.22. The number of hydrogen-bond donors (Lipinski definition) is 1. The van der Waals surface area contributed by atoms with Crippen molar-refractivity contribution in [3.8, 4) is 0 Å². The number of rotatable bonds is 6. The molecule has 0 spiro atoms. The molecule has 4 atom stereocenters. The summed E-state index contributed by atoms with van der Waals surface area (Å²) in [5, 5.41) is 3.68. The minimum atomic E-state index is -0.167. The van der Waals surface area contributed by atoms with Crippen molar-refractivity contribution in [1.29, 1.82) is 0 Å². The molecule has 1 aromatic rings. The predicted molar refractivity (Wildman–Crippen MR) is 88.7 cm³/mol. The summed E-state index contributed by atoms with van der Waals surface area (Å²) in [5.74, 6) is 2.62. The first-order valence-electron chi connectivity index (χ1n) is 8.35. The van der Waals surface area contributed by atoms with Crippen molar-refractivity contribution >= 4 is 15.9 Å². The van der Waals surface area contributed by atoms with Crippen molar-refractivity contribution in [2.45, 2.75) is 51.5 Å². The van der Waals surface area contributed by atoms with E-state index in [1.165, 1.54) is 37.7 Å². The van der Waals surface area contributed by atoms with Gasteiger partial charge >= 0.3 is 0 Å². The molecule has 0 amide bonds. The van der Waals surface area contributed by atoms with Crippen molar-refractivity contribution in [2.24, 2.45) is 17.8 Å². The van der Waals surface area contributed by atoms with Crippen LogP contribution in [-0.2, 0) is 0 Å². The molecular weight excluding hydrogens is 329 g/mol. The lowest BCUT2D eigenvalue weighted by Crippen LogP contribution is -2.26. The molecule has 1 aromatic carbocycles. The average Bonchev–Trinajstić information content (AvgIpc) is 3.06. The zero-order chi connectivity index (χ0) is 14.8. The smallest absolute Gasteiger partial charge is 0.124 e. The monoisotopic (exact) mass is 353 g/mol. The van der Waals surface area contributed by atoms with Crippen molar-refractivity contribution < 1.29 is 4.39 Å². The standard InChI is InChI=1S/C18H25BrFN/c1-2-7-21-18(16-6-5-15(20)11-17(16)19)10-14-9-12-3-4-13(14)8-12/h5-6,11-14,18,21H,2-4,7-10H2,1H3. The number of fused-ring (bicyclic) bond motifs is 2. The summed E-state index contributed by atoms with van der Waals surface area (Å²) in [4.78, 5) is 0. The van der Waals surface area contributed by atoms with Gasteiger partial charge in [-0.15, -0.1) is 0 Å². The second kappa shape index (κ2) is 6.78. The van der Waals surface area contributed by atoms with Gasteiger partial charge in [-0.3, -0.25) is 0 Å². The van der Waals surface area contributed by atoms with Gasteiger partial charge in [0, 0.05) is 10.5 Å². The fraction of sp³-hybridized carbons (Fsp3) is 0.667. The van der Waals surface area contributed by atoms with Gasteiger partial charge in [0.15, 0.2) is 0 Å². The van der Waals surface area contributed by atoms with Crippen LogP contribution in [0.5, 0.6) is 0 Å². The van der Waals surface area contributed by atoms with Gasteiger partial charge in [-0.05, 0) is 74.1 Å². The molecule has 0 heterocycles. The average molecular weight is 354 g/mol. The Morgan fingerprint density at radius 1 is 1.33 bits per heavy atom. The first-order valence-corrected chi connectivity index (χ1v) is 9.15. The van der Waals surface area contributed by atoms with Crippen LogP contribution in [0.15, 0.2) is 22.7 Å². The van der Waals surface area contributed by atoms with E-state index in [1.54, 1.807) is 12.1 Å². The van der Waals surface area contributed by atoms with Gasteiger partial charge in [0.25, 0.3) is 0 Å². The topological polar surface area (TPSA) is 12.0 Å². The molecule has 1 nitrogen and oxygen atoms in total. The molecule has 0 aromatic heterocycles. The Morgan fingerprint density at radius 2 is 2.19 bits per heavy atom. The van der Waals surface area contributed by atoms with Crippen molar-refractivity contribution in [3.05, 3.63) is 34.1 Å². The number of benzene rings is 1. The minimum absolute atomic E-state index is 0.167. The predicted octanol–water partition coefficient (Wildman–Crippen LogP) is 5.46. The second-order valence-electron chi connectivity index (χ2n) is 6.84. The highest BCUT2D eigenvalue weighted by Crippen LogP contribution is 2.51. The Labute approximate surface area is 135 Å². The number of halogens is 2. The van der Waals surface area contributed by atoms with E-state index in [4.69, 9.17) is 0 Å². The summed E-state index contributed by atoms with van der Waals surface area (Å²) >= 11 is 3.55. The lowest BCUT2D eigenvalue weighted by molar-refractivity contribution is 0.279. The van der Waals surface area contributed by atoms with E-state index >= 15 is 0 Å². The van der Waals surface area contributed by atoms with Crippen LogP contribution in [0.1, 0.15) is 57.1 Å². The second-order valence-corrected chi connectivity index (χ2v) is 7.70. The fourth-order valence-corrected chi connectivity index (χ4v) is 5.02. The SMILES string of the molecule is CCCNC(CC1CC2CCC1C2)c1ccc(F)cc1Br. The number of hydrogen-bond acceptors (Lipinski definition) is 1. The molecule has 0 radical (unpaired) electrons. The summed E-state index contributed by atoms with van der Waals surface area (Å²) in [6.07, 6.45) is 8.08. The van der Waals surface area contributed by atoms with Gasteiger partial charge in [-0.1, -0.05) is 35.3 Å². The van der Waals surface area contributed by atoms with E-state index < -0.39 is 0 Å². The maximum Gasteiger partial charge on any atom is 0.124 e. The van der Waals surface area contributed by atoms with E-state index in [9.17, 15) is 4.39 Å². The van der Waals surface area contributed by atoms with E-state index in [2.05, 4.69) is 28.2 Å². The molecule has 21 heavy (non-hydrogen) atoms. The Balaban J connectivity index is 1.74. The third-order valence-electron chi connectivity index (χ3n) is 5.40. The highest BCUT2D eigenvalue weighted by molar-refractivity contribution is 9.10. The van der Waals surface area contributed by atoms with Gasteiger partial charge in [0.05, 0.1) is 0 Å². The summed E-state index contributed by atoms with van der Waals surface area (Å²) < 4.78 is 14.2. The molecule has 1 N–H and O–H groups in total. The molecular formula is C18H25BrFN. The van der Waals surface area contributed by atoms with Crippen molar-refractivity contribution in [3.63, 3.8) is 0 Å². The van der Waals surface area contributed by atoms with Crippen LogP contribution < -0.4 is 5.32 Å². The molecule has 0 saturated heterocycles. The molecule has 116 valence electrons. The fourth-order valence-electron chi connectivity index (χ4n) is 4.39. The van der Waals surface area contributed by atoms with Crippen LogP contribution in [0.25, 0.3) is 0 Å². The molecule has 0 aliphatic heterocycles. The van der Waals surface area contributed by atoms with Crippen LogP contribution in [0.4, 0.5) is 4.39 Å². The third-order valence-corrected chi connectivity index (χ3v) is 6.09. The lowest BCUT2D eigenvalue weighted by Gasteiger charge is -2.28. The zero-order valence-corrected chi connectivity index (χ0v) is 14.3. The van der Waals surface area contributed by atoms with E-state index in [1.807, 2.05) is 6.07 Å². The first kappa shape index (κ1) is 15.5. The molecule has 2 fully saturated rings. The molecule has 3 heteroatoms. The summed E-state index contributed by atoms with van der Waals surface area (Å²) in [7, 11) is 0. The molecule has 3 rings (SSSR count). The van der Waals surface area contributed by atoms with Crippen molar-refractivity contribution in [1.82, 2.24) is 5.32 Å². The molecule has 2 aliphatic carbocycles. The number of nitrogens with one attached hydrogen (secondary N) is 1. The van der Waals surface area contributed by atoms with Gasteiger partial charge in [0.1, 0.15) is 5.82 Å². The lowest BCUT2D eigenvalue weighted by atomic mass is 9.82. The van der Waals surface area contributed by atoms with Gasteiger partial charge in [-0.25, -0.2) is 4.39 Å². The van der Waals surface area contributed by atoms with Gasteiger partial charge in [-0.2, -0.15) is 0 Å². The molecule has 2 saturated carbocycles. The van der Waals surface area contributed by atoms with Crippen LogP contribution in [0.3, 0.4) is 0 Å². The zero-order valence-electron chi connectivity index (χ0n) is 12.7. The van der Waals surface area contributed by atoms with E-state index in [0.29, 0.717) is 6.04 Å². The Kier molecular flexibility index (Phi) is 5.00. The highest BCUT2D eigenvalue weighted by atomic mass is 79.9. The third kappa shape index (κ3) is 3.50. The minimum Gasteiger partial charge on any atom is -0.310 e. The molecule has 2 aliphatic rings. The Hall–Kier alpha value is -0.410. The van der Waals surface area contributed by atoms with Crippen molar-refractivity contribution in [2.75, 3.05) is 6.54 Å². The van der Waals surface area contributed by atoms with Gasteiger partial charge < -0.3 is 5.32 Å². The van der Waals surface area contributed by atoms with Gasteiger partial charge in [0.2, 0.25) is 0 Å². The normalized spacial score (nSPS) is 29.0.